The highest BCUT2D eigenvalue weighted by atomic mass is 35.5. The molecule has 0 unspecified atom stereocenters. The molecule has 136 valence electrons. The average Bonchev–Trinajstić information content (AvgIpc) is 2.54. The lowest BCUT2D eigenvalue weighted by atomic mass is 10.1. The summed E-state index contributed by atoms with van der Waals surface area (Å²) < 4.78 is 37.7. The maximum absolute atomic E-state index is 12.6. The summed E-state index contributed by atoms with van der Waals surface area (Å²) in [6.07, 6.45) is -3.05. The van der Waals surface area contributed by atoms with Crippen molar-refractivity contribution in [2.45, 2.75) is 13.1 Å². The van der Waals surface area contributed by atoms with Crippen molar-refractivity contribution in [2.75, 3.05) is 5.32 Å². The van der Waals surface area contributed by atoms with Crippen LogP contribution in [0.25, 0.3) is 6.08 Å². The minimum atomic E-state index is -4.44. The summed E-state index contributed by atoms with van der Waals surface area (Å²) in [6.45, 7) is 1.46. The molecular weight excluding hydrogens is 371 g/mol. The van der Waals surface area contributed by atoms with Crippen LogP contribution in [0.1, 0.15) is 28.4 Å². The van der Waals surface area contributed by atoms with Crippen molar-refractivity contribution in [1.82, 2.24) is 0 Å². The molecule has 2 aromatic carbocycles. The molecule has 2 N–H and O–H groups in total. The van der Waals surface area contributed by atoms with Gasteiger partial charge in [0.25, 0.3) is 5.91 Å². The Morgan fingerprint density at radius 1 is 1.12 bits per heavy atom. The Morgan fingerprint density at radius 3 is 2.27 bits per heavy atom. The highest BCUT2D eigenvalue weighted by molar-refractivity contribution is 6.31. The van der Waals surface area contributed by atoms with Gasteiger partial charge in [0, 0.05) is 10.6 Å². The van der Waals surface area contributed by atoms with Crippen molar-refractivity contribution in [2.24, 2.45) is 0 Å². The number of carbonyl (C=O) groups is 2. The molecule has 4 nitrogen and oxygen atoms in total. The van der Waals surface area contributed by atoms with Crippen LogP contribution in [0.3, 0.4) is 0 Å². The number of aromatic carboxylic acids is 1. The molecule has 0 saturated heterocycles. The maximum Gasteiger partial charge on any atom is 0.416 e. The van der Waals surface area contributed by atoms with E-state index in [4.69, 9.17) is 16.7 Å². The van der Waals surface area contributed by atoms with Crippen LogP contribution in [-0.4, -0.2) is 17.0 Å². The SMILES string of the molecule is CC(=Cc1ccc(C(F)(F)F)cc1)C(=O)Nc1cc(Cl)ccc1C(=O)O. The van der Waals surface area contributed by atoms with Gasteiger partial charge in [-0.1, -0.05) is 23.7 Å². The number of halogens is 4. The zero-order chi connectivity index (χ0) is 19.5. The largest absolute Gasteiger partial charge is 0.478 e. The predicted molar refractivity (Wildman–Crippen MR) is 92.1 cm³/mol. The van der Waals surface area contributed by atoms with Gasteiger partial charge in [-0.25, -0.2) is 4.79 Å². The summed E-state index contributed by atoms with van der Waals surface area (Å²) in [5, 5.41) is 11.8. The van der Waals surface area contributed by atoms with E-state index in [1.165, 1.54) is 43.3 Å². The van der Waals surface area contributed by atoms with E-state index < -0.39 is 23.6 Å². The Hall–Kier alpha value is -2.80. The molecule has 1 amide bonds. The number of nitrogens with one attached hydrogen (secondary N) is 1. The van der Waals surface area contributed by atoms with Gasteiger partial charge in [-0.15, -0.1) is 0 Å². The van der Waals surface area contributed by atoms with Crippen LogP contribution >= 0.6 is 11.6 Å². The van der Waals surface area contributed by atoms with Crippen molar-refractivity contribution >= 4 is 35.2 Å². The van der Waals surface area contributed by atoms with Crippen LogP contribution in [0.4, 0.5) is 18.9 Å². The molecule has 0 spiro atoms. The third-order valence-corrected chi connectivity index (χ3v) is 3.67. The first-order valence-electron chi connectivity index (χ1n) is 7.27. The normalized spacial score (nSPS) is 12.0. The number of carboxylic acids is 1. The highest BCUT2D eigenvalue weighted by Gasteiger charge is 2.29. The number of alkyl halides is 3. The summed E-state index contributed by atoms with van der Waals surface area (Å²) in [7, 11) is 0. The number of hydrogen-bond donors (Lipinski definition) is 2. The summed E-state index contributed by atoms with van der Waals surface area (Å²) in [4.78, 5) is 23.4. The summed E-state index contributed by atoms with van der Waals surface area (Å²) >= 11 is 5.82. The van der Waals surface area contributed by atoms with Crippen molar-refractivity contribution in [3.8, 4) is 0 Å². The van der Waals surface area contributed by atoms with Gasteiger partial charge < -0.3 is 10.4 Å². The number of hydrogen-bond acceptors (Lipinski definition) is 2. The number of rotatable bonds is 4. The number of anilines is 1. The topological polar surface area (TPSA) is 66.4 Å². The number of amides is 1. The molecule has 0 aliphatic heterocycles. The van der Waals surface area contributed by atoms with E-state index in [-0.39, 0.29) is 21.8 Å². The van der Waals surface area contributed by atoms with Crippen LogP contribution in [0, 0.1) is 0 Å². The molecule has 0 atom stereocenters. The zero-order valence-corrected chi connectivity index (χ0v) is 14.2. The molecular formula is C18H13ClF3NO3. The van der Waals surface area contributed by atoms with Crippen molar-refractivity contribution < 1.29 is 27.9 Å². The van der Waals surface area contributed by atoms with Crippen LogP contribution < -0.4 is 5.32 Å². The molecule has 2 rings (SSSR count). The summed E-state index contributed by atoms with van der Waals surface area (Å²) in [5.41, 5.74) is -0.321. The molecule has 2 aromatic rings. The van der Waals surface area contributed by atoms with E-state index in [1.54, 1.807) is 0 Å². The quantitative estimate of drug-likeness (QED) is 0.722. The Kier molecular flexibility index (Phi) is 5.72. The minimum absolute atomic E-state index is 0.0233. The first-order chi connectivity index (χ1) is 12.1. The Labute approximate surface area is 151 Å². The molecule has 0 aromatic heterocycles. The monoisotopic (exact) mass is 383 g/mol. The lowest BCUT2D eigenvalue weighted by Gasteiger charge is -2.10. The van der Waals surface area contributed by atoms with Gasteiger partial charge in [-0.2, -0.15) is 13.2 Å². The van der Waals surface area contributed by atoms with Gasteiger partial charge in [-0.05, 0) is 48.9 Å². The number of carboxylic acid groups (broad SMARTS) is 1. The lowest BCUT2D eigenvalue weighted by Crippen LogP contribution is -2.15. The van der Waals surface area contributed by atoms with Gasteiger partial charge >= 0.3 is 12.1 Å². The van der Waals surface area contributed by atoms with E-state index in [0.717, 1.165) is 12.1 Å². The Morgan fingerprint density at radius 2 is 1.73 bits per heavy atom. The third kappa shape index (κ3) is 4.86. The summed E-state index contributed by atoms with van der Waals surface area (Å²) in [6, 6.07) is 8.24. The first kappa shape index (κ1) is 19.5. The smallest absolute Gasteiger partial charge is 0.416 e. The number of benzene rings is 2. The molecule has 0 aliphatic carbocycles. The lowest BCUT2D eigenvalue weighted by molar-refractivity contribution is -0.137. The van der Waals surface area contributed by atoms with Crippen LogP contribution in [0.2, 0.25) is 5.02 Å². The second kappa shape index (κ2) is 7.61. The Balaban J connectivity index is 2.21. The average molecular weight is 384 g/mol. The highest BCUT2D eigenvalue weighted by Crippen LogP contribution is 2.29. The van der Waals surface area contributed by atoms with Gasteiger partial charge in [-0.3, -0.25) is 4.79 Å². The molecule has 26 heavy (non-hydrogen) atoms. The van der Waals surface area contributed by atoms with E-state index in [1.807, 2.05) is 0 Å². The van der Waals surface area contributed by atoms with E-state index in [0.29, 0.717) is 5.56 Å². The van der Waals surface area contributed by atoms with Crippen LogP contribution in [0.15, 0.2) is 48.0 Å². The fourth-order valence-electron chi connectivity index (χ4n) is 2.11. The molecule has 0 saturated carbocycles. The van der Waals surface area contributed by atoms with E-state index >= 15 is 0 Å². The first-order valence-corrected chi connectivity index (χ1v) is 7.65. The van der Waals surface area contributed by atoms with Crippen molar-refractivity contribution in [3.05, 3.63) is 69.8 Å². The predicted octanol–water partition coefficient (Wildman–Crippen LogP) is 5.10. The van der Waals surface area contributed by atoms with Crippen molar-refractivity contribution in [1.29, 1.82) is 0 Å². The fraction of sp³-hybridized carbons (Fsp3) is 0.111. The van der Waals surface area contributed by atoms with Gasteiger partial charge in [0.05, 0.1) is 16.8 Å². The van der Waals surface area contributed by atoms with Gasteiger partial charge in [0.1, 0.15) is 0 Å². The molecule has 0 heterocycles. The minimum Gasteiger partial charge on any atom is -0.478 e. The van der Waals surface area contributed by atoms with Crippen LogP contribution in [-0.2, 0) is 11.0 Å². The van der Waals surface area contributed by atoms with E-state index in [2.05, 4.69) is 5.32 Å². The van der Waals surface area contributed by atoms with Crippen molar-refractivity contribution in [3.63, 3.8) is 0 Å². The molecule has 8 heteroatoms. The molecule has 0 bridgehead atoms. The molecule has 0 aliphatic rings. The van der Waals surface area contributed by atoms with Crippen LogP contribution in [0.5, 0.6) is 0 Å². The maximum atomic E-state index is 12.6. The zero-order valence-electron chi connectivity index (χ0n) is 13.4. The van der Waals surface area contributed by atoms with Gasteiger partial charge in [0.2, 0.25) is 0 Å². The molecule has 0 radical (unpaired) electrons. The third-order valence-electron chi connectivity index (χ3n) is 3.44. The summed E-state index contributed by atoms with van der Waals surface area (Å²) in [5.74, 6) is -1.84. The van der Waals surface area contributed by atoms with E-state index in [9.17, 15) is 22.8 Å². The second-order valence-corrected chi connectivity index (χ2v) is 5.83. The standard InChI is InChI=1S/C18H13ClF3NO3/c1-10(8-11-2-4-12(5-3-11)18(20,21)22)16(24)23-15-9-13(19)6-7-14(15)17(25)26/h2-9H,1H3,(H,23,24)(H,25,26). The fourth-order valence-corrected chi connectivity index (χ4v) is 2.28. The molecule has 0 fully saturated rings. The number of carbonyl (C=O) groups excluding carboxylic acids is 1. The second-order valence-electron chi connectivity index (χ2n) is 5.40. The van der Waals surface area contributed by atoms with Gasteiger partial charge in [0.15, 0.2) is 0 Å². The Bertz CT molecular complexity index is 874.